The molecule has 2 rings (SSSR count). The lowest BCUT2D eigenvalue weighted by Gasteiger charge is -2.08. The van der Waals surface area contributed by atoms with Gasteiger partial charge in [-0.15, -0.1) is 10.2 Å². The number of nitrogen functional groups attached to an aromatic ring is 1. The number of halogens is 1. The van der Waals surface area contributed by atoms with Crippen LogP contribution in [0, 0.1) is 6.92 Å². The number of rotatable bonds is 1. The quantitative estimate of drug-likeness (QED) is 0.778. The van der Waals surface area contributed by atoms with E-state index in [0.717, 1.165) is 11.3 Å². The maximum Gasteiger partial charge on any atom is 0.226 e. The summed E-state index contributed by atoms with van der Waals surface area (Å²) < 4.78 is 1.70. The van der Waals surface area contributed by atoms with Crippen molar-refractivity contribution in [1.29, 1.82) is 0 Å². The fourth-order valence-corrected chi connectivity index (χ4v) is 1.46. The van der Waals surface area contributed by atoms with Crippen molar-refractivity contribution in [3.8, 4) is 5.69 Å². The van der Waals surface area contributed by atoms with Crippen molar-refractivity contribution < 1.29 is 0 Å². The van der Waals surface area contributed by atoms with Gasteiger partial charge >= 0.3 is 0 Å². The molecule has 0 aliphatic rings. The van der Waals surface area contributed by atoms with Gasteiger partial charge in [0.25, 0.3) is 0 Å². The lowest BCUT2D eigenvalue weighted by atomic mass is 10.2. The molecule has 0 radical (unpaired) electrons. The second-order valence-electron chi connectivity index (χ2n) is 2.94. The minimum Gasteiger partial charge on any atom is -0.368 e. The molecule has 72 valence electrons. The molecule has 1 heterocycles. The van der Waals surface area contributed by atoms with Crippen LogP contribution < -0.4 is 5.73 Å². The minimum atomic E-state index is 0.357. The first-order chi connectivity index (χ1) is 6.70. The molecule has 4 nitrogen and oxygen atoms in total. The van der Waals surface area contributed by atoms with Crippen molar-refractivity contribution in [2.45, 2.75) is 6.92 Å². The third-order valence-corrected chi connectivity index (χ3v) is 2.48. The highest BCUT2D eigenvalue weighted by Gasteiger charge is 2.06. The summed E-state index contributed by atoms with van der Waals surface area (Å²) in [5.41, 5.74) is 7.50. The molecule has 1 aromatic heterocycles. The molecule has 0 atom stereocenters. The predicted octanol–water partition coefficient (Wildman–Crippen LogP) is 1.81. The summed E-state index contributed by atoms with van der Waals surface area (Å²) >= 11 is 5.99. The van der Waals surface area contributed by atoms with Crippen LogP contribution in [0.5, 0.6) is 0 Å². The van der Waals surface area contributed by atoms with Crippen LogP contribution in [0.25, 0.3) is 5.69 Å². The first kappa shape index (κ1) is 9.02. The third-order valence-electron chi connectivity index (χ3n) is 2.07. The van der Waals surface area contributed by atoms with Gasteiger partial charge < -0.3 is 5.73 Å². The molecule has 0 fully saturated rings. The zero-order valence-electron chi connectivity index (χ0n) is 7.61. The number of anilines is 1. The molecule has 0 unspecified atom stereocenters. The lowest BCUT2D eigenvalue weighted by molar-refractivity contribution is 1.05. The van der Waals surface area contributed by atoms with Crippen molar-refractivity contribution in [3.63, 3.8) is 0 Å². The Morgan fingerprint density at radius 1 is 1.43 bits per heavy atom. The number of hydrogen-bond donors (Lipinski definition) is 1. The van der Waals surface area contributed by atoms with E-state index in [0.29, 0.717) is 11.0 Å². The van der Waals surface area contributed by atoms with Crippen molar-refractivity contribution in [2.75, 3.05) is 5.73 Å². The van der Waals surface area contributed by atoms with Crippen molar-refractivity contribution in [3.05, 3.63) is 35.1 Å². The van der Waals surface area contributed by atoms with Crippen LogP contribution in [0.15, 0.2) is 24.5 Å². The van der Waals surface area contributed by atoms with Crippen LogP contribution in [0.1, 0.15) is 5.56 Å². The highest BCUT2D eigenvalue weighted by molar-refractivity contribution is 6.31. The van der Waals surface area contributed by atoms with Gasteiger partial charge in [-0.3, -0.25) is 4.57 Å². The highest BCUT2D eigenvalue weighted by atomic mass is 35.5. The Morgan fingerprint density at radius 2 is 2.21 bits per heavy atom. The van der Waals surface area contributed by atoms with E-state index in [4.69, 9.17) is 17.3 Å². The Hall–Kier alpha value is -1.55. The van der Waals surface area contributed by atoms with E-state index in [2.05, 4.69) is 10.2 Å². The zero-order chi connectivity index (χ0) is 10.1. The van der Waals surface area contributed by atoms with Crippen molar-refractivity contribution >= 4 is 17.5 Å². The number of benzene rings is 1. The fourth-order valence-electron chi connectivity index (χ4n) is 1.29. The normalized spacial score (nSPS) is 10.4. The molecule has 0 amide bonds. The van der Waals surface area contributed by atoms with Crippen LogP contribution in [-0.4, -0.2) is 14.8 Å². The average molecular weight is 209 g/mol. The summed E-state index contributed by atoms with van der Waals surface area (Å²) in [7, 11) is 0. The Morgan fingerprint density at radius 3 is 2.86 bits per heavy atom. The molecule has 0 saturated carbocycles. The van der Waals surface area contributed by atoms with Gasteiger partial charge in [-0.05, 0) is 24.6 Å². The smallest absolute Gasteiger partial charge is 0.226 e. The van der Waals surface area contributed by atoms with Gasteiger partial charge in [0.15, 0.2) is 0 Å². The van der Waals surface area contributed by atoms with E-state index in [1.165, 1.54) is 0 Å². The van der Waals surface area contributed by atoms with E-state index < -0.39 is 0 Å². The van der Waals surface area contributed by atoms with Gasteiger partial charge in [-0.1, -0.05) is 17.7 Å². The zero-order valence-corrected chi connectivity index (χ0v) is 8.36. The number of aromatic nitrogens is 3. The molecule has 0 saturated heterocycles. The average Bonchev–Trinajstić information content (AvgIpc) is 2.57. The van der Waals surface area contributed by atoms with E-state index in [1.807, 2.05) is 25.1 Å². The Kier molecular flexibility index (Phi) is 2.13. The van der Waals surface area contributed by atoms with Crippen LogP contribution in [0.2, 0.25) is 5.02 Å². The summed E-state index contributed by atoms with van der Waals surface area (Å²) in [6, 6.07) is 5.62. The molecule has 2 N–H and O–H groups in total. The molecule has 14 heavy (non-hydrogen) atoms. The number of nitrogens with zero attached hydrogens (tertiary/aromatic N) is 3. The molecule has 5 heteroatoms. The molecular weight excluding hydrogens is 200 g/mol. The second kappa shape index (κ2) is 3.31. The molecule has 0 spiro atoms. The summed E-state index contributed by atoms with van der Waals surface area (Å²) in [6.45, 7) is 1.93. The van der Waals surface area contributed by atoms with Crippen molar-refractivity contribution in [2.24, 2.45) is 0 Å². The standard InChI is InChI=1S/C9H9ClN4/c1-6-7(10)3-2-4-8(6)14-5-12-13-9(14)11/h2-5H,1H3,(H2,11,13). The summed E-state index contributed by atoms with van der Waals surface area (Å²) in [4.78, 5) is 0. The Balaban J connectivity index is 2.63. The van der Waals surface area contributed by atoms with Crippen LogP contribution in [0.4, 0.5) is 5.95 Å². The molecule has 0 aliphatic heterocycles. The SMILES string of the molecule is Cc1c(Cl)cccc1-n1cnnc1N. The first-order valence-electron chi connectivity index (χ1n) is 4.11. The maximum absolute atomic E-state index is 5.99. The number of hydrogen-bond acceptors (Lipinski definition) is 3. The van der Waals surface area contributed by atoms with E-state index >= 15 is 0 Å². The Labute approximate surface area is 86.3 Å². The van der Waals surface area contributed by atoms with Crippen LogP contribution >= 0.6 is 11.6 Å². The molecule has 1 aromatic carbocycles. The van der Waals surface area contributed by atoms with Gasteiger partial charge in [0.1, 0.15) is 6.33 Å². The van der Waals surface area contributed by atoms with E-state index in [-0.39, 0.29) is 0 Å². The van der Waals surface area contributed by atoms with E-state index in [9.17, 15) is 0 Å². The molecule has 0 aliphatic carbocycles. The predicted molar refractivity (Wildman–Crippen MR) is 55.5 cm³/mol. The van der Waals surface area contributed by atoms with E-state index in [1.54, 1.807) is 10.9 Å². The monoisotopic (exact) mass is 208 g/mol. The topological polar surface area (TPSA) is 56.7 Å². The van der Waals surface area contributed by atoms with Gasteiger partial charge in [0.05, 0.1) is 5.69 Å². The lowest BCUT2D eigenvalue weighted by Crippen LogP contribution is -2.01. The fraction of sp³-hybridized carbons (Fsp3) is 0.111. The van der Waals surface area contributed by atoms with Gasteiger partial charge in [0.2, 0.25) is 5.95 Å². The Bertz CT molecular complexity index is 464. The third kappa shape index (κ3) is 1.33. The maximum atomic E-state index is 5.99. The van der Waals surface area contributed by atoms with Crippen LogP contribution in [0.3, 0.4) is 0 Å². The summed E-state index contributed by atoms with van der Waals surface area (Å²) in [6.07, 6.45) is 1.56. The minimum absolute atomic E-state index is 0.357. The second-order valence-corrected chi connectivity index (χ2v) is 3.35. The largest absolute Gasteiger partial charge is 0.368 e. The summed E-state index contributed by atoms with van der Waals surface area (Å²) in [5.74, 6) is 0.357. The molecular formula is C9H9ClN4. The summed E-state index contributed by atoms with van der Waals surface area (Å²) in [5, 5.41) is 8.13. The van der Waals surface area contributed by atoms with Gasteiger partial charge in [0, 0.05) is 5.02 Å². The highest BCUT2D eigenvalue weighted by Crippen LogP contribution is 2.22. The number of nitrogens with two attached hydrogens (primary N) is 1. The molecule has 0 bridgehead atoms. The first-order valence-corrected chi connectivity index (χ1v) is 4.49. The van der Waals surface area contributed by atoms with Crippen LogP contribution in [-0.2, 0) is 0 Å². The van der Waals surface area contributed by atoms with Crippen molar-refractivity contribution in [1.82, 2.24) is 14.8 Å². The molecule has 2 aromatic rings. The van der Waals surface area contributed by atoms with Gasteiger partial charge in [-0.2, -0.15) is 0 Å². The van der Waals surface area contributed by atoms with Gasteiger partial charge in [-0.25, -0.2) is 0 Å².